The predicted molar refractivity (Wildman–Crippen MR) is 95.7 cm³/mol. The van der Waals surface area contributed by atoms with Crippen LogP contribution in [0.1, 0.15) is 16.8 Å². The van der Waals surface area contributed by atoms with Gasteiger partial charge in [0.2, 0.25) is 0 Å². The van der Waals surface area contributed by atoms with Gasteiger partial charge in [0.05, 0.1) is 17.6 Å². The maximum atomic E-state index is 13.8. The Morgan fingerprint density at radius 3 is 2.85 bits per heavy atom. The van der Waals surface area contributed by atoms with Gasteiger partial charge in [0.1, 0.15) is 5.82 Å². The number of hydrogen-bond donors (Lipinski definition) is 0. The van der Waals surface area contributed by atoms with Crippen LogP contribution < -0.4 is 0 Å². The van der Waals surface area contributed by atoms with Crippen LogP contribution in [0.25, 0.3) is 11.6 Å². The van der Waals surface area contributed by atoms with E-state index in [0.717, 1.165) is 6.42 Å². The van der Waals surface area contributed by atoms with E-state index in [1.54, 1.807) is 37.6 Å². The minimum atomic E-state index is -0.518. The van der Waals surface area contributed by atoms with E-state index in [1.807, 2.05) is 4.57 Å². The summed E-state index contributed by atoms with van der Waals surface area (Å²) in [5.74, 6) is 0.450. The lowest BCUT2D eigenvalue weighted by molar-refractivity contribution is 0.101. The van der Waals surface area contributed by atoms with Gasteiger partial charge in [-0.05, 0) is 30.7 Å². The summed E-state index contributed by atoms with van der Waals surface area (Å²) in [7, 11) is 1.64. The molecule has 0 fully saturated rings. The molecule has 6 nitrogen and oxygen atoms in total. The molecule has 3 aromatic rings. The number of halogens is 1. The van der Waals surface area contributed by atoms with Crippen LogP contribution in [0.15, 0.2) is 52.2 Å². The summed E-state index contributed by atoms with van der Waals surface area (Å²) < 4.78 is 26.1. The van der Waals surface area contributed by atoms with Crippen LogP contribution in [0.4, 0.5) is 4.39 Å². The van der Waals surface area contributed by atoms with E-state index in [0.29, 0.717) is 29.9 Å². The summed E-state index contributed by atoms with van der Waals surface area (Å²) in [6.45, 7) is 1.21. The van der Waals surface area contributed by atoms with Crippen molar-refractivity contribution in [1.82, 2.24) is 14.8 Å². The van der Waals surface area contributed by atoms with Gasteiger partial charge >= 0.3 is 0 Å². The molecule has 2 heterocycles. The van der Waals surface area contributed by atoms with E-state index in [4.69, 9.17) is 9.15 Å². The van der Waals surface area contributed by atoms with E-state index in [9.17, 15) is 9.18 Å². The molecule has 0 aliphatic heterocycles. The second kappa shape index (κ2) is 8.77. The number of ether oxygens (including phenoxy) is 1. The molecule has 3 rings (SSSR count). The number of furan rings is 1. The Morgan fingerprint density at radius 2 is 2.12 bits per heavy atom. The molecule has 0 saturated heterocycles. The van der Waals surface area contributed by atoms with Crippen molar-refractivity contribution in [2.45, 2.75) is 18.1 Å². The molecule has 0 aliphatic carbocycles. The number of nitrogens with zero attached hydrogens (tertiary/aromatic N) is 3. The van der Waals surface area contributed by atoms with Crippen molar-refractivity contribution in [3.63, 3.8) is 0 Å². The highest BCUT2D eigenvalue weighted by Crippen LogP contribution is 2.25. The summed E-state index contributed by atoms with van der Waals surface area (Å²) in [5, 5.41) is 8.93. The minimum Gasteiger partial charge on any atom is -0.461 e. The number of ketones is 1. The number of carbonyl (C=O) groups excluding carboxylic acids is 1. The molecule has 0 bridgehead atoms. The molecule has 0 spiro atoms. The maximum absolute atomic E-state index is 13.8. The molecular weight excluding hydrogens is 357 g/mol. The molecule has 0 saturated carbocycles. The van der Waals surface area contributed by atoms with Crippen molar-refractivity contribution >= 4 is 17.5 Å². The van der Waals surface area contributed by atoms with Gasteiger partial charge in [-0.1, -0.05) is 23.9 Å². The quantitative estimate of drug-likeness (QED) is 0.323. The third-order valence-electron chi connectivity index (χ3n) is 3.70. The average molecular weight is 375 g/mol. The fourth-order valence-electron chi connectivity index (χ4n) is 2.45. The lowest BCUT2D eigenvalue weighted by atomic mass is 10.1. The normalized spacial score (nSPS) is 11.0. The first-order valence-electron chi connectivity index (χ1n) is 8.07. The summed E-state index contributed by atoms with van der Waals surface area (Å²) in [4.78, 5) is 12.3. The number of hydrogen-bond acceptors (Lipinski definition) is 6. The van der Waals surface area contributed by atoms with Gasteiger partial charge in [-0.25, -0.2) is 4.39 Å². The van der Waals surface area contributed by atoms with Crippen LogP contribution in [0, 0.1) is 5.82 Å². The molecule has 0 amide bonds. The molecule has 2 aromatic heterocycles. The standard InChI is InChI=1S/C18H18FN3O3S/c1-24-10-5-9-22-17(16-8-4-11-25-16)20-21-18(22)26-12-15(23)13-6-2-3-7-14(13)19/h2-4,6-8,11H,5,9-10,12H2,1H3. The summed E-state index contributed by atoms with van der Waals surface area (Å²) in [6, 6.07) is 9.54. The van der Waals surface area contributed by atoms with E-state index in [2.05, 4.69) is 10.2 Å². The third kappa shape index (κ3) is 4.20. The van der Waals surface area contributed by atoms with Crippen LogP contribution in [0.2, 0.25) is 0 Å². The number of Topliss-reactive ketones (excluding diaryl/α,β-unsaturated/α-hetero) is 1. The molecule has 136 valence electrons. The van der Waals surface area contributed by atoms with Gasteiger partial charge in [-0.3, -0.25) is 9.36 Å². The van der Waals surface area contributed by atoms with Crippen LogP contribution >= 0.6 is 11.8 Å². The van der Waals surface area contributed by atoms with Crippen LogP contribution in [0.5, 0.6) is 0 Å². The zero-order valence-corrected chi connectivity index (χ0v) is 15.0. The molecule has 0 aliphatic rings. The molecule has 1 aromatic carbocycles. The maximum Gasteiger partial charge on any atom is 0.200 e. The Balaban J connectivity index is 1.76. The molecular formula is C18H18FN3O3S. The van der Waals surface area contributed by atoms with Crippen molar-refractivity contribution in [3.05, 3.63) is 54.0 Å². The second-order valence-corrected chi connectivity index (χ2v) is 6.42. The van der Waals surface area contributed by atoms with Crippen molar-refractivity contribution in [1.29, 1.82) is 0 Å². The zero-order chi connectivity index (χ0) is 18.4. The van der Waals surface area contributed by atoms with Gasteiger partial charge in [0.15, 0.2) is 22.5 Å². The monoisotopic (exact) mass is 375 g/mol. The molecule has 0 N–H and O–H groups in total. The largest absolute Gasteiger partial charge is 0.461 e. The van der Waals surface area contributed by atoms with E-state index < -0.39 is 5.82 Å². The van der Waals surface area contributed by atoms with Gasteiger partial charge in [-0.15, -0.1) is 10.2 Å². The first-order valence-corrected chi connectivity index (χ1v) is 9.06. The van der Waals surface area contributed by atoms with Crippen LogP contribution in [-0.2, 0) is 11.3 Å². The van der Waals surface area contributed by atoms with E-state index >= 15 is 0 Å². The first kappa shape index (κ1) is 18.3. The Kier molecular flexibility index (Phi) is 6.19. The highest BCUT2D eigenvalue weighted by Gasteiger charge is 2.18. The number of rotatable bonds is 9. The Morgan fingerprint density at radius 1 is 1.27 bits per heavy atom. The van der Waals surface area contributed by atoms with E-state index in [1.165, 1.54) is 23.9 Å². The van der Waals surface area contributed by atoms with Crippen LogP contribution in [0.3, 0.4) is 0 Å². The van der Waals surface area contributed by atoms with Gasteiger partial charge in [0.25, 0.3) is 0 Å². The van der Waals surface area contributed by atoms with Crippen molar-refractivity contribution in [2.75, 3.05) is 19.5 Å². The highest BCUT2D eigenvalue weighted by atomic mass is 32.2. The summed E-state index contributed by atoms with van der Waals surface area (Å²) >= 11 is 1.23. The Bertz CT molecular complexity index is 864. The molecule has 8 heteroatoms. The van der Waals surface area contributed by atoms with Crippen molar-refractivity contribution in [3.8, 4) is 11.6 Å². The fraction of sp³-hybridized carbons (Fsp3) is 0.278. The topological polar surface area (TPSA) is 70.2 Å². The number of aromatic nitrogens is 3. The molecule has 0 atom stereocenters. The minimum absolute atomic E-state index is 0.0709. The predicted octanol–water partition coefficient (Wildman–Crippen LogP) is 3.69. The lowest BCUT2D eigenvalue weighted by Gasteiger charge is -2.08. The second-order valence-electron chi connectivity index (χ2n) is 5.47. The zero-order valence-electron chi connectivity index (χ0n) is 14.2. The number of carbonyl (C=O) groups is 1. The van der Waals surface area contributed by atoms with Gasteiger partial charge in [-0.2, -0.15) is 0 Å². The fourth-order valence-corrected chi connectivity index (χ4v) is 3.30. The Hall–Kier alpha value is -2.45. The lowest BCUT2D eigenvalue weighted by Crippen LogP contribution is -2.08. The van der Waals surface area contributed by atoms with Crippen molar-refractivity contribution in [2.24, 2.45) is 0 Å². The smallest absolute Gasteiger partial charge is 0.200 e. The number of thioether (sulfide) groups is 1. The average Bonchev–Trinajstić information content (AvgIpc) is 3.30. The van der Waals surface area contributed by atoms with Gasteiger partial charge < -0.3 is 9.15 Å². The third-order valence-corrected chi connectivity index (χ3v) is 4.66. The summed E-state index contributed by atoms with van der Waals surface area (Å²) in [6.07, 6.45) is 2.33. The van der Waals surface area contributed by atoms with Crippen LogP contribution in [-0.4, -0.2) is 40.0 Å². The highest BCUT2D eigenvalue weighted by molar-refractivity contribution is 7.99. The molecule has 0 unspecified atom stereocenters. The first-order chi connectivity index (χ1) is 12.7. The Labute approximate surface area is 154 Å². The van der Waals surface area contributed by atoms with E-state index in [-0.39, 0.29) is 17.1 Å². The summed E-state index contributed by atoms with van der Waals surface area (Å²) in [5.41, 5.74) is 0.0803. The van der Waals surface area contributed by atoms with Gasteiger partial charge in [0, 0.05) is 20.3 Å². The van der Waals surface area contributed by atoms with Crippen molar-refractivity contribution < 1.29 is 18.3 Å². The number of methoxy groups -OCH3 is 1. The SMILES string of the molecule is COCCCn1c(SCC(=O)c2ccccc2F)nnc1-c1ccco1. The molecule has 0 radical (unpaired) electrons. The molecule has 26 heavy (non-hydrogen) atoms. The number of benzene rings is 1.